The molecule has 3 rings (SSSR count). The molecule has 0 spiro atoms. The monoisotopic (exact) mass is 590 g/mol. The Kier molecular flexibility index (Phi) is 15.1. The van der Waals surface area contributed by atoms with Crippen molar-refractivity contribution in [2.75, 3.05) is 0 Å². The number of aryl methyl sites for hydroxylation is 3. The number of hydrogen-bond acceptors (Lipinski definition) is 3. The molecule has 0 aliphatic carbocycles. The zero-order valence-corrected chi connectivity index (χ0v) is 27.9. The molecule has 0 atom stereocenters. The number of unbranched alkanes of at least 4 members (excludes halogenated alkanes) is 5. The Morgan fingerprint density at radius 1 is 0.500 bits per heavy atom. The maximum absolute atomic E-state index is 10.1. The van der Waals surface area contributed by atoms with E-state index in [-0.39, 0.29) is 0 Å². The van der Waals surface area contributed by atoms with E-state index in [1.54, 1.807) is 0 Å². The van der Waals surface area contributed by atoms with Crippen LogP contribution >= 0.6 is 8.60 Å². The van der Waals surface area contributed by atoms with Crippen molar-refractivity contribution in [3.63, 3.8) is 0 Å². The summed E-state index contributed by atoms with van der Waals surface area (Å²) in [6.45, 7) is 11.3. The molecule has 2 N–H and O–H groups in total. The first-order chi connectivity index (χ1) is 20.5. The molecule has 0 aromatic heterocycles. The Hall–Kier alpha value is -2.19. The van der Waals surface area contributed by atoms with E-state index in [2.05, 4.69) is 77.1 Å². The van der Waals surface area contributed by atoms with Gasteiger partial charge in [-0.2, -0.15) is 0 Å². The van der Waals surface area contributed by atoms with Gasteiger partial charge in [0.25, 0.3) is 0 Å². The fourth-order valence-corrected chi connectivity index (χ4v) is 6.51. The van der Waals surface area contributed by atoms with Gasteiger partial charge >= 0.3 is 8.60 Å². The van der Waals surface area contributed by atoms with E-state index < -0.39 is 8.60 Å². The van der Waals surface area contributed by atoms with E-state index in [1.807, 2.05) is 6.07 Å². The van der Waals surface area contributed by atoms with Crippen molar-refractivity contribution in [2.45, 2.75) is 131 Å². The Morgan fingerprint density at radius 2 is 0.929 bits per heavy atom. The third kappa shape index (κ3) is 9.15. The van der Waals surface area contributed by atoms with Crippen LogP contribution in [-0.2, 0) is 32.1 Å². The van der Waals surface area contributed by atoms with Crippen LogP contribution in [0.4, 0.5) is 0 Å². The lowest BCUT2D eigenvalue weighted by atomic mass is 9.80. The second kappa shape index (κ2) is 18.5. The molecule has 0 aliphatic heterocycles. The molecule has 0 unspecified atom stereocenters. The molecule has 0 heterocycles. The van der Waals surface area contributed by atoms with Gasteiger partial charge in [0, 0.05) is 5.56 Å². The van der Waals surface area contributed by atoms with Gasteiger partial charge in [0.15, 0.2) is 0 Å². The summed E-state index contributed by atoms with van der Waals surface area (Å²) in [5.41, 5.74) is 11.8. The Balaban J connectivity index is 2.46. The van der Waals surface area contributed by atoms with Crippen LogP contribution in [0.2, 0.25) is 0 Å². The molecule has 0 amide bonds. The van der Waals surface area contributed by atoms with Gasteiger partial charge in [0.1, 0.15) is 5.75 Å². The van der Waals surface area contributed by atoms with E-state index in [0.717, 1.165) is 89.0 Å². The first kappa shape index (κ1) is 34.3. The topological polar surface area (TPSA) is 49.7 Å². The number of rotatable bonds is 19. The van der Waals surface area contributed by atoms with E-state index in [1.165, 1.54) is 57.3 Å². The van der Waals surface area contributed by atoms with Crippen molar-refractivity contribution in [1.29, 1.82) is 0 Å². The first-order valence-electron chi connectivity index (χ1n) is 16.7. The quantitative estimate of drug-likeness (QED) is 0.137. The Bertz CT molecular complexity index is 1230. The molecule has 0 radical (unpaired) electrons. The Morgan fingerprint density at radius 3 is 1.38 bits per heavy atom. The Labute approximate surface area is 257 Å². The first-order valence-corrected chi connectivity index (χ1v) is 17.9. The molecule has 4 heteroatoms. The third-order valence-corrected chi connectivity index (χ3v) is 8.84. The van der Waals surface area contributed by atoms with Crippen molar-refractivity contribution >= 4 is 8.60 Å². The summed E-state index contributed by atoms with van der Waals surface area (Å²) in [6.07, 6.45) is 16.7. The minimum absolute atomic E-state index is 0.576. The zero-order chi connectivity index (χ0) is 30.3. The van der Waals surface area contributed by atoms with Gasteiger partial charge in [0.05, 0.1) is 0 Å². The number of hydrogen-bond donors (Lipinski definition) is 2. The van der Waals surface area contributed by atoms with Crippen molar-refractivity contribution in [2.24, 2.45) is 0 Å². The molecule has 3 aromatic carbocycles. The van der Waals surface area contributed by atoms with Crippen molar-refractivity contribution < 1.29 is 14.3 Å². The highest BCUT2D eigenvalue weighted by atomic mass is 31.2. The minimum atomic E-state index is -2.55. The molecule has 0 aliphatic rings. The highest BCUT2D eigenvalue weighted by molar-refractivity contribution is 7.39. The van der Waals surface area contributed by atoms with Crippen LogP contribution in [-0.4, -0.2) is 9.79 Å². The van der Waals surface area contributed by atoms with Crippen LogP contribution < -0.4 is 4.52 Å². The fraction of sp³-hybridized carbons (Fsp3) is 0.526. The van der Waals surface area contributed by atoms with Gasteiger partial charge in [-0.3, -0.25) is 0 Å². The van der Waals surface area contributed by atoms with Gasteiger partial charge < -0.3 is 14.3 Å². The lowest BCUT2D eigenvalue weighted by Gasteiger charge is -2.25. The molecule has 0 bridgehead atoms. The maximum Gasteiger partial charge on any atom is 0.391 e. The van der Waals surface area contributed by atoms with Crippen LogP contribution in [0.15, 0.2) is 48.5 Å². The van der Waals surface area contributed by atoms with Gasteiger partial charge in [-0.1, -0.05) is 109 Å². The zero-order valence-electron chi connectivity index (χ0n) is 27.0. The van der Waals surface area contributed by atoms with Gasteiger partial charge in [-0.05, 0) is 115 Å². The predicted octanol–water partition coefficient (Wildman–Crippen LogP) is 11.3. The molecule has 0 saturated carbocycles. The van der Waals surface area contributed by atoms with Crippen molar-refractivity contribution in [1.82, 2.24) is 0 Å². The summed E-state index contributed by atoms with van der Waals surface area (Å²) in [6, 6.07) is 17.8. The van der Waals surface area contributed by atoms with Crippen LogP contribution in [0.25, 0.3) is 22.3 Å². The van der Waals surface area contributed by atoms with Crippen LogP contribution in [0, 0.1) is 0 Å². The number of benzene rings is 3. The van der Waals surface area contributed by atoms with E-state index in [4.69, 9.17) is 4.52 Å². The lowest BCUT2D eigenvalue weighted by Crippen LogP contribution is -2.05. The van der Waals surface area contributed by atoms with Crippen LogP contribution in [0.3, 0.4) is 0 Å². The summed E-state index contributed by atoms with van der Waals surface area (Å²) in [7, 11) is -2.55. The molecule has 42 heavy (non-hydrogen) atoms. The molecule has 3 nitrogen and oxygen atoms in total. The van der Waals surface area contributed by atoms with Gasteiger partial charge in [-0.15, -0.1) is 0 Å². The molecular weight excluding hydrogens is 535 g/mol. The maximum atomic E-state index is 10.1. The van der Waals surface area contributed by atoms with Gasteiger partial charge in [-0.25, -0.2) is 0 Å². The third-order valence-electron chi connectivity index (χ3n) is 8.48. The van der Waals surface area contributed by atoms with Crippen molar-refractivity contribution in [3.05, 3.63) is 76.3 Å². The van der Waals surface area contributed by atoms with E-state index in [0.29, 0.717) is 5.75 Å². The highest BCUT2D eigenvalue weighted by Crippen LogP contribution is 2.48. The SMILES string of the molecule is CCCCc1cccc(-c2c(CCCC)ccc(OP(O)O)c2-c2cccc(CCCC)c2CCCC)c1CCCC. The van der Waals surface area contributed by atoms with E-state index in [9.17, 15) is 9.79 Å². The average Bonchev–Trinajstić information content (AvgIpc) is 2.99. The molecule has 0 saturated heterocycles. The molecule has 230 valence electrons. The van der Waals surface area contributed by atoms with Crippen LogP contribution in [0.5, 0.6) is 5.75 Å². The standard InChI is InChI=1S/C38H55O3P/c1-6-11-18-29-21-16-25-34(32(29)23-14-9-4)37-31(20-13-8-3)27-28-36(41-42(39)40)38(37)35-26-17-22-30(19-12-7-2)33(35)24-15-10-5/h16-17,21-22,25-28,39-40H,6-15,18-20,23-24H2,1-5H3. The second-order valence-corrected chi connectivity index (χ2v) is 12.4. The predicted molar refractivity (Wildman–Crippen MR) is 182 cm³/mol. The normalized spacial score (nSPS) is 11.4. The van der Waals surface area contributed by atoms with Crippen LogP contribution in [0.1, 0.15) is 127 Å². The smallest absolute Gasteiger partial charge is 0.391 e. The molecule has 0 fully saturated rings. The molecule has 3 aromatic rings. The average molecular weight is 591 g/mol. The molecular formula is C38H55O3P. The van der Waals surface area contributed by atoms with E-state index >= 15 is 0 Å². The second-order valence-electron chi connectivity index (χ2n) is 11.7. The minimum Gasteiger partial charge on any atom is -0.426 e. The summed E-state index contributed by atoms with van der Waals surface area (Å²) < 4.78 is 5.89. The summed E-state index contributed by atoms with van der Waals surface area (Å²) in [5, 5.41) is 0. The van der Waals surface area contributed by atoms with Crippen molar-refractivity contribution in [3.8, 4) is 28.0 Å². The largest absolute Gasteiger partial charge is 0.426 e. The summed E-state index contributed by atoms with van der Waals surface area (Å²) in [5.74, 6) is 0.576. The fourth-order valence-electron chi connectivity index (χ4n) is 6.18. The summed E-state index contributed by atoms with van der Waals surface area (Å²) in [4.78, 5) is 20.3. The summed E-state index contributed by atoms with van der Waals surface area (Å²) >= 11 is 0. The lowest BCUT2D eigenvalue weighted by molar-refractivity contribution is 0.375. The highest BCUT2D eigenvalue weighted by Gasteiger charge is 2.25. The van der Waals surface area contributed by atoms with Gasteiger partial charge in [0.2, 0.25) is 0 Å².